The minimum absolute atomic E-state index is 0.119. The molecule has 1 atom stereocenters. The van der Waals surface area contributed by atoms with Crippen molar-refractivity contribution in [1.29, 1.82) is 0 Å². The topological polar surface area (TPSA) is 85.8 Å². The number of hydrogen-bond donors (Lipinski definition) is 2. The van der Waals surface area contributed by atoms with Gasteiger partial charge in [-0.1, -0.05) is 23.4 Å². The fourth-order valence-corrected chi connectivity index (χ4v) is 1.65. The van der Waals surface area contributed by atoms with Crippen molar-refractivity contribution in [3.63, 3.8) is 0 Å². The summed E-state index contributed by atoms with van der Waals surface area (Å²) in [5.41, 5.74) is 8.18. The summed E-state index contributed by atoms with van der Waals surface area (Å²) in [4.78, 5) is 11.9. The van der Waals surface area contributed by atoms with Gasteiger partial charge in [0.2, 0.25) is 5.91 Å². The third kappa shape index (κ3) is 3.38. The third-order valence-electron chi connectivity index (χ3n) is 2.75. The van der Waals surface area contributed by atoms with E-state index in [0.29, 0.717) is 5.69 Å². The maximum absolute atomic E-state index is 11.9. The summed E-state index contributed by atoms with van der Waals surface area (Å²) in [6.45, 7) is 3.88. The van der Waals surface area contributed by atoms with Crippen molar-refractivity contribution in [2.45, 2.75) is 26.4 Å². The second-order valence-corrected chi connectivity index (χ2v) is 4.49. The van der Waals surface area contributed by atoms with Crippen LogP contribution in [0.2, 0.25) is 0 Å². The molecule has 2 aromatic rings. The maximum Gasteiger partial charge on any atom is 0.246 e. The SMILES string of the molecule is Cc1ccccc1NC(=O)Cn1cc(C(C)N)nn1. The first-order valence-corrected chi connectivity index (χ1v) is 6.07. The van der Waals surface area contributed by atoms with E-state index in [4.69, 9.17) is 5.73 Å². The molecule has 2 rings (SSSR count). The molecule has 0 spiro atoms. The Morgan fingerprint density at radius 3 is 2.84 bits per heavy atom. The van der Waals surface area contributed by atoms with Crippen LogP contribution < -0.4 is 11.1 Å². The van der Waals surface area contributed by atoms with E-state index < -0.39 is 0 Å². The number of nitrogens with zero attached hydrogens (tertiary/aromatic N) is 3. The average molecular weight is 259 g/mol. The normalized spacial score (nSPS) is 12.2. The van der Waals surface area contributed by atoms with E-state index >= 15 is 0 Å². The second kappa shape index (κ2) is 5.62. The minimum Gasteiger partial charge on any atom is -0.324 e. The number of anilines is 1. The summed E-state index contributed by atoms with van der Waals surface area (Å²) in [7, 11) is 0. The van der Waals surface area contributed by atoms with Crippen molar-refractivity contribution < 1.29 is 4.79 Å². The molecule has 3 N–H and O–H groups in total. The number of nitrogens with one attached hydrogen (secondary N) is 1. The van der Waals surface area contributed by atoms with Gasteiger partial charge in [0, 0.05) is 11.7 Å². The summed E-state index contributed by atoms with van der Waals surface area (Å²) in [5.74, 6) is -0.143. The fraction of sp³-hybridized carbons (Fsp3) is 0.308. The van der Waals surface area contributed by atoms with Gasteiger partial charge in [0.15, 0.2) is 0 Å². The number of rotatable bonds is 4. The predicted molar refractivity (Wildman–Crippen MR) is 72.4 cm³/mol. The number of carbonyl (C=O) groups is 1. The molecule has 6 heteroatoms. The van der Waals surface area contributed by atoms with Crippen molar-refractivity contribution >= 4 is 11.6 Å². The van der Waals surface area contributed by atoms with Crippen LogP contribution in [0, 0.1) is 6.92 Å². The molecule has 1 amide bonds. The van der Waals surface area contributed by atoms with Gasteiger partial charge in [-0.25, -0.2) is 4.68 Å². The molecule has 6 nitrogen and oxygen atoms in total. The van der Waals surface area contributed by atoms with Gasteiger partial charge in [-0.3, -0.25) is 4.79 Å². The third-order valence-corrected chi connectivity index (χ3v) is 2.75. The van der Waals surface area contributed by atoms with Gasteiger partial charge in [-0.05, 0) is 25.5 Å². The Morgan fingerprint density at radius 2 is 2.21 bits per heavy atom. The van der Waals surface area contributed by atoms with Gasteiger partial charge in [0.25, 0.3) is 0 Å². The zero-order valence-corrected chi connectivity index (χ0v) is 11.0. The molecule has 0 aliphatic heterocycles. The van der Waals surface area contributed by atoms with Gasteiger partial charge in [0.05, 0.1) is 11.9 Å². The number of aryl methyl sites for hydroxylation is 1. The molecule has 0 saturated heterocycles. The van der Waals surface area contributed by atoms with Crippen LogP contribution in [-0.2, 0) is 11.3 Å². The van der Waals surface area contributed by atoms with Gasteiger partial charge >= 0.3 is 0 Å². The van der Waals surface area contributed by atoms with Gasteiger partial charge < -0.3 is 11.1 Å². The lowest BCUT2D eigenvalue weighted by Gasteiger charge is -2.07. The number of nitrogens with two attached hydrogens (primary N) is 1. The van der Waals surface area contributed by atoms with Crippen LogP contribution in [0.4, 0.5) is 5.69 Å². The molecule has 1 aromatic heterocycles. The van der Waals surface area contributed by atoms with Gasteiger partial charge in [-0.15, -0.1) is 5.10 Å². The standard InChI is InChI=1S/C13H17N5O/c1-9-5-3-4-6-11(9)15-13(19)8-18-7-12(10(2)14)16-17-18/h3-7,10H,8,14H2,1-2H3,(H,15,19). The lowest BCUT2D eigenvalue weighted by atomic mass is 10.2. The second-order valence-electron chi connectivity index (χ2n) is 4.49. The molecular formula is C13H17N5O. The summed E-state index contributed by atoms with van der Waals surface area (Å²) >= 11 is 0. The highest BCUT2D eigenvalue weighted by Crippen LogP contribution is 2.13. The van der Waals surface area contributed by atoms with Gasteiger partial charge in [0.1, 0.15) is 6.54 Å². The van der Waals surface area contributed by atoms with E-state index in [1.54, 1.807) is 6.20 Å². The van der Waals surface area contributed by atoms with Crippen LogP contribution in [0.25, 0.3) is 0 Å². The zero-order valence-electron chi connectivity index (χ0n) is 11.0. The van der Waals surface area contributed by atoms with Crippen molar-refractivity contribution in [2.75, 3.05) is 5.32 Å². The molecule has 0 radical (unpaired) electrons. The lowest BCUT2D eigenvalue weighted by molar-refractivity contribution is -0.116. The molecule has 1 unspecified atom stereocenters. The van der Waals surface area contributed by atoms with E-state index in [0.717, 1.165) is 11.3 Å². The first-order valence-electron chi connectivity index (χ1n) is 6.07. The molecule has 0 fully saturated rings. The highest BCUT2D eigenvalue weighted by atomic mass is 16.2. The van der Waals surface area contributed by atoms with Gasteiger partial charge in [-0.2, -0.15) is 0 Å². The molecule has 1 aromatic carbocycles. The first kappa shape index (κ1) is 13.2. The van der Waals surface area contributed by atoms with Crippen molar-refractivity contribution in [3.8, 4) is 0 Å². The number of amides is 1. The molecule has 19 heavy (non-hydrogen) atoms. The zero-order chi connectivity index (χ0) is 13.8. The Morgan fingerprint density at radius 1 is 1.47 bits per heavy atom. The van der Waals surface area contributed by atoms with Crippen LogP contribution in [-0.4, -0.2) is 20.9 Å². The molecule has 1 heterocycles. The summed E-state index contributed by atoms with van der Waals surface area (Å²) in [5, 5.41) is 10.6. The Labute approximate surface area is 111 Å². The molecular weight excluding hydrogens is 242 g/mol. The van der Waals surface area contributed by atoms with Crippen molar-refractivity contribution in [3.05, 3.63) is 41.7 Å². The fourth-order valence-electron chi connectivity index (χ4n) is 1.65. The smallest absolute Gasteiger partial charge is 0.246 e. The van der Waals surface area contributed by atoms with E-state index in [-0.39, 0.29) is 18.5 Å². The lowest BCUT2D eigenvalue weighted by Crippen LogP contribution is -2.19. The van der Waals surface area contributed by atoms with Crippen LogP contribution >= 0.6 is 0 Å². The first-order chi connectivity index (χ1) is 9.06. The monoisotopic (exact) mass is 259 g/mol. The molecule has 0 aliphatic rings. The number of hydrogen-bond acceptors (Lipinski definition) is 4. The quantitative estimate of drug-likeness (QED) is 0.865. The van der Waals surface area contributed by atoms with Crippen LogP contribution in [0.3, 0.4) is 0 Å². The highest BCUT2D eigenvalue weighted by molar-refractivity contribution is 5.91. The number of benzene rings is 1. The number of carbonyl (C=O) groups excluding carboxylic acids is 1. The Bertz CT molecular complexity index is 576. The Kier molecular flexibility index (Phi) is 3.91. The highest BCUT2D eigenvalue weighted by Gasteiger charge is 2.09. The van der Waals surface area contributed by atoms with Crippen molar-refractivity contribution in [2.24, 2.45) is 5.73 Å². The minimum atomic E-state index is -0.187. The van der Waals surface area contributed by atoms with Crippen LogP contribution in [0.5, 0.6) is 0 Å². The Hall–Kier alpha value is -2.21. The number of aromatic nitrogens is 3. The van der Waals surface area contributed by atoms with E-state index in [9.17, 15) is 4.79 Å². The molecule has 100 valence electrons. The average Bonchev–Trinajstić information content (AvgIpc) is 2.80. The predicted octanol–water partition coefficient (Wildman–Crippen LogP) is 1.24. The molecule has 0 bridgehead atoms. The van der Waals surface area contributed by atoms with E-state index in [1.807, 2.05) is 38.1 Å². The number of para-hydroxylation sites is 1. The summed E-state index contributed by atoms with van der Waals surface area (Å²) in [6, 6.07) is 7.43. The molecule has 0 aliphatic carbocycles. The summed E-state index contributed by atoms with van der Waals surface area (Å²) in [6.07, 6.45) is 1.68. The van der Waals surface area contributed by atoms with Crippen LogP contribution in [0.1, 0.15) is 24.2 Å². The van der Waals surface area contributed by atoms with Crippen LogP contribution in [0.15, 0.2) is 30.5 Å². The maximum atomic E-state index is 11.9. The van der Waals surface area contributed by atoms with E-state index in [1.165, 1.54) is 4.68 Å². The van der Waals surface area contributed by atoms with E-state index in [2.05, 4.69) is 15.6 Å². The summed E-state index contributed by atoms with van der Waals surface area (Å²) < 4.78 is 1.48. The largest absolute Gasteiger partial charge is 0.324 e. The Balaban J connectivity index is 1.99. The molecule has 0 saturated carbocycles. The van der Waals surface area contributed by atoms with Crippen molar-refractivity contribution in [1.82, 2.24) is 15.0 Å².